The fraction of sp³-hybridized carbons (Fsp3) is 1.00. The number of ether oxygens (including phenoxy) is 1. The Bertz CT molecular complexity index is 302. The summed E-state index contributed by atoms with van der Waals surface area (Å²) >= 11 is 0. The number of aliphatic hydroxyl groups is 2. The lowest BCUT2D eigenvalue weighted by Gasteiger charge is -2.14. The molecule has 1 aliphatic carbocycles. The molecule has 0 aliphatic heterocycles. The van der Waals surface area contributed by atoms with Crippen molar-refractivity contribution < 1.29 is 14.9 Å². The summed E-state index contributed by atoms with van der Waals surface area (Å²) in [6.07, 6.45) is 23.1. The molecule has 1 saturated carbocycles. The van der Waals surface area contributed by atoms with Crippen molar-refractivity contribution in [2.24, 2.45) is 5.41 Å². The Labute approximate surface area is 162 Å². The maximum absolute atomic E-state index is 9.16. The van der Waals surface area contributed by atoms with Crippen LogP contribution in [-0.4, -0.2) is 36.1 Å². The van der Waals surface area contributed by atoms with E-state index in [4.69, 9.17) is 14.9 Å². The van der Waals surface area contributed by atoms with Gasteiger partial charge in [-0.25, -0.2) is 0 Å². The van der Waals surface area contributed by atoms with Gasteiger partial charge in [0.1, 0.15) is 6.10 Å². The van der Waals surface area contributed by atoms with E-state index < -0.39 is 6.10 Å². The molecule has 26 heavy (non-hydrogen) atoms. The maximum atomic E-state index is 9.16. The van der Waals surface area contributed by atoms with Gasteiger partial charge in [-0.05, 0) is 37.5 Å². The molecule has 1 atom stereocenters. The summed E-state index contributed by atoms with van der Waals surface area (Å²) in [5.41, 5.74) is 0.779. The monoisotopic (exact) mass is 370 g/mol. The molecule has 2 N–H and O–H groups in total. The van der Waals surface area contributed by atoms with Gasteiger partial charge < -0.3 is 14.9 Å². The van der Waals surface area contributed by atoms with Crippen molar-refractivity contribution in [3.05, 3.63) is 0 Å². The largest absolute Gasteiger partial charge is 0.394 e. The first-order chi connectivity index (χ1) is 12.7. The smallest absolute Gasteiger partial charge is 0.100 e. The van der Waals surface area contributed by atoms with Crippen LogP contribution in [0.15, 0.2) is 0 Å². The summed E-state index contributed by atoms with van der Waals surface area (Å²) in [5, 5.41) is 17.8. The second kappa shape index (κ2) is 15.9. The zero-order valence-electron chi connectivity index (χ0n) is 17.5. The lowest BCUT2D eigenvalue weighted by molar-refractivity contribution is 0.00526. The van der Waals surface area contributed by atoms with Crippen molar-refractivity contribution in [3.8, 4) is 0 Å². The Morgan fingerprint density at radius 3 is 1.77 bits per heavy atom. The van der Waals surface area contributed by atoms with Crippen LogP contribution in [0.5, 0.6) is 0 Å². The Morgan fingerprint density at radius 1 is 0.769 bits per heavy atom. The molecule has 0 aromatic carbocycles. The highest BCUT2D eigenvalue weighted by atomic mass is 16.5. The molecule has 3 heteroatoms. The number of hydrogen-bond acceptors (Lipinski definition) is 3. The molecule has 1 rings (SSSR count). The standard InChI is InChI=1S/C23H46O3/c1-2-3-4-5-9-12-15-23(17-18-23)16-13-10-7-6-8-11-14-19-26-21-22(25)20-24/h22,24-25H,2-21H2,1H3/t22-/m0/s1. The van der Waals surface area contributed by atoms with E-state index in [1.54, 1.807) is 0 Å². The van der Waals surface area contributed by atoms with E-state index in [1.165, 1.54) is 103 Å². The van der Waals surface area contributed by atoms with Crippen molar-refractivity contribution in [1.29, 1.82) is 0 Å². The average molecular weight is 371 g/mol. The molecule has 0 saturated heterocycles. The second-order valence-corrected chi connectivity index (χ2v) is 8.65. The maximum Gasteiger partial charge on any atom is 0.100 e. The summed E-state index contributed by atoms with van der Waals surface area (Å²) < 4.78 is 5.33. The lowest BCUT2D eigenvalue weighted by atomic mass is 9.91. The first kappa shape index (κ1) is 23.9. The van der Waals surface area contributed by atoms with Crippen molar-refractivity contribution >= 4 is 0 Å². The predicted octanol–water partition coefficient (Wildman–Crippen LogP) is 6.01. The van der Waals surface area contributed by atoms with Crippen LogP contribution < -0.4 is 0 Å². The highest BCUT2D eigenvalue weighted by Gasteiger charge is 2.40. The molecule has 0 bridgehead atoms. The first-order valence-electron chi connectivity index (χ1n) is 11.6. The Morgan fingerprint density at radius 2 is 1.27 bits per heavy atom. The van der Waals surface area contributed by atoms with E-state index in [0.29, 0.717) is 6.61 Å². The van der Waals surface area contributed by atoms with E-state index >= 15 is 0 Å². The van der Waals surface area contributed by atoms with Crippen LogP contribution in [0.25, 0.3) is 0 Å². The highest BCUT2D eigenvalue weighted by molar-refractivity contribution is 4.92. The quantitative estimate of drug-likeness (QED) is 0.258. The van der Waals surface area contributed by atoms with Gasteiger partial charge in [0.05, 0.1) is 13.2 Å². The van der Waals surface area contributed by atoms with Crippen LogP contribution in [0.2, 0.25) is 0 Å². The molecule has 3 nitrogen and oxygen atoms in total. The fourth-order valence-corrected chi connectivity index (χ4v) is 3.94. The molecule has 0 unspecified atom stereocenters. The molecular weight excluding hydrogens is 324 g/mol. The van der Waals surface area contributed by atoms with Crippen molar-refractivity contribution in [1.82, 2.24) is 0 Å². The van der Waals surface area contributed by atoms with Gasteiger partial charge in [0.15, 0.2) is 0 Å². The molecule has 0 aromatic rings. The van der Waals surface area contributed by atoms with Gasteiger partial charge in [0.25, 0.3) is 0 Å². The van der Waals surface area contributed by atoms with E-state index in [9.17, 15) is 0 Å². The first-order valence-corrected chi connectivity index (χ1v) is 11.6. The van der Waals surface area contributed by atoms with Gasteiger partial charge in [-0.15, -0.1) is 0 Å². The van der Waals surface area contributed by atoms with Crippen molar-refractivity contribution in [3.63, 3.8) is 0 Å². The van der Waals surface area contributed by atoms with Crippen LogP contribution in [0.1, 0.15) is 116 Å². The number of hydrogen-bond donors (Lipinski definition) is 2. The fourth-order valence-electron chi connectivity index (χ4n) is 3.94. The lowest BCUT2D eigenvalue weighted by Crippen LogP contribution is -2.19. The van der Waals surface area contributed by atoms with Crippen LogP contribution in [-0.2, 0) is 4.74 Å². The molecule has 0 radical (unpaired) electrons. The average Bonchev–Trinajstić information content (AvgIpc) is 3.42. The Hall–Kier alpha value is -0.120. The third-order valence-corrected chi connectivity index (χ3v) is 6.03. The van der Waals surface area contributed by atoms with Gasteiger partial charge in [-0.3, -0.25) is 0 Å². The van der Waals surface area contributed by atoms with E-state index in [-0.39, 0.29) is 13.2 Å². The number of aliphatic hydroxyl groups excluding tert-OH is 2. The molecule has 0 aromatic heterocycles. The third kappa shape index (κ3) is 13.1. The van der Waals surface area contributed by atoms with Crippen molar-refractivity contribution in [2.45, 2.75) is 122 Å². The topological polar surface area (TPSA) is 49.7 Å². The summed E-state index contributed by atoms with van der Waals surface area (Å²) in [7, 11) is 0. The van der Waals surface area contributed by atoms with Gasteiger partial charge in [0, 0.05) is 6.61 Å². The van der Waals surface area contributed by atoms with Crippen LogP contribution in [0.4, 0.5) is 0 Å². The molecule has 1 fully saturated rings. The van der Waals surface area contributed by atoms with Crippen LogP contribution in [0.3, 0.4) is 0 Å². The van der Waals surface area contributed by atoms with E-state index in [1.807, 2.05) is 0 Å². The zero-order valence-corrected chi connectivity index (χ0v) is 17.5. The molecule has 156 valence electrons. The van der Waals surface area contributed by atoms with Gasteiger partial charge in [0.2, 0.25) is 0 Å². The Balaban J connectivity index is 1.80. The third-order valence-electron chi connectivity index (χ3n) is 6.03. The highest BCUT2D eigenvalue weighted by Crippen LogP contribution is 2.53. The molecule has 0 heterocycles. The molecular formula is C23H46O3. The van der Waals surface area contributed by atoms with Gasteiger partial charge in [-0.1, -0.05) is 84.0 Å². The van der Waals surface area contributed by atoms with E-state index in [2.05, 4.69) is 6.92 Å². The van der Waals surface area contributed by atoms with E-state index in [0.717, 1.165) is 11.8 Å². The number of rotatable bonds is 20. The summed E-state index contributed by atoms with van der Waals surface area (Å²) in [6, 6.07) is 0. The minimum absolute atomic E-state index is 0.208. The molecule has 1 aliphatic rings. The number of unbranched alkanes of at least 4 members (excludes halogenated alkanes) is 11. The summed E-state index contributed by atoms with van der Waals surface area (Å²) in [4.78, 5) is 0. The minimum Gasteiger partial charge on any atom is -0.394 e. The van der Waals surface area contributed by atoms with Crippen molar-refractivity contribution in [2.75, 3.05) is 19.8 Å². The van der Waals surface area contributed by atoms with Gasteiger partial charge >= 0.3 is 0 Å². The zero-order chi connectivity index (χ0) is 18.9. The van der Waals surface area contributed by atoms with Gasteiger partial charge in [-0.2, -0.15) is 0 Å². The van der Waals surface area contributed by atoms with Crippen LogP contribution >= 0.6 is 0 Å². The predicted molar refractivity (Wildman–Crippen MR) is 111 cm³/mol. The Kier molecular flexibility index (Phi) is 14.6. The molecule has 0 amide bonds. The molecule has 0 spiro atoms. The normalized spacial score (nSPS) is 16.7. The second-order valence-electron chi connectivity index (χ2n) is 8.65. The minimum atomic E-state index is -0.717. The summed E-state index contributed by atoms with van der Waals surface area (Å²) in [5.74, 6) is 0. The SMILES string of the molecule is CCCCCCCCC1(CCCCCCCCCOC[C@@H](O)CO)CC1. The summed E-state index contributed by atoms with van der Waals surface area (Å²) in [6.45, 7) is 3.05. The van der Waals surface area contributed by atoms with Crippen LogP contribution in [0, 0.1) is 5.41 Å².